The van der Waals surface area contributed by atoms with Crippen molar-refractivity contribution in [2.24, 2.45) is 0 Å². The third-order valence-electron chi connectivity index (χ3n) is 7.67. The molecule has 1 saturated carbocycles. The minimum Gasteiger partial charge on any atom is -0.460 e. The fraction of sp³-hybridized carbons (Fsp3) is 0.481. The molecule has 1 aromatic carbocycles. The van der Waals surface area contributed by atoms with Gasteiger partial charge in [-0.3, -0.25) is 9.69 Å². The molecule has 3 heterocycles. The van der Waals surface area contributed by atoms with Gasteiger partial charge in [0.15, 0.2) is 0 Å². The van der Waals surface area contributed by atoms with E-state index in [0.717, 1.165) is 55.8 Å². The normalized spacial score (nSPS) is 23.5. The number of aryl methyl sites for hydroxylation is 1. The molecule has 1 unspecified atom stereocenters. The maximum absolute atomic E-state index is 12.4. The molecule has 2 aliphatic carbocycles. The van der Waals surface area contributed by atoms with Gasteiger partial charge in [0.05, 0.1) is 24.2 Å². The van der Waals surface area contributed by atoms with Crippen LogP contribution in [0.25, 0.3) is 0 Å². The van der Waals surface area contributed by atoms with Gasteiger partial charge in [-0.2, -0.15) is 15.2 Å². The highest BCUT2D eigenvalue weighted by Gasteiger charge is 2.38. The van der Waals surface area contributed by atoms with E-state index in [-0.39, 0.29) is 24.5 Å². The Hall–Kier alpha value is -3.44. The summed E-state index contributed by atoms with van der Waals surface area (Å²) in [5.41, 5.74) is 5.06. The lowest BCUT2D eigenvalue weighted by Gasteiger charge is -2.41. The molecule has 8 heteroatoms. The van der Waals surface area contributed by atoms with E-state index < -0.39 is 0 Å². The number of carbonyl (C=O) groups excluding carboxylic acids is 1. The fourth-order valence-electron chi connectivity index (χ4n) is 5.76. The summed E-state index contributed by atoms with van der Waals surface area (Å²) in [5.74, 6) is 0.773. The highest BCUT2D eigenvalue weighted by molar-refractivity contribution is 5.87. The number of aromatic nitrogens is 2. The Bertz CT molecular complexity index is 1200. The molecule has 8 nitrogen and oxygen atoms in total. The van der Waals surface area contributed by atoms with Gasteiger partial charge in [-0.15, -0.1) is 0 Å². The first kappa shape index (κ1) is 22.1. The predicted molar refractivity (Wildman–Crippen MR) is 131 cm³/mol. The van der Waals surface area contributed by atoms with Gasteiger partial charge in [0.2, 0.25) is 5.91 Å². The monoisotopic (exact) mass is 470 g/mol. The predicted octanol–water partition coefficient (Wildman–Crippen LogP) is 3.14. The SMILES string of the molecule is C=CC(=O)N1CCN(c2nc(OC3CC3)nc3c2CN(C2CCc4ccccc42)C3)C[C@@H]1CC#N. The Morgan fingerprint density at radius 3 is 2.86 bits per heavy atom. The first-order chi connectivity index (χ1) is 17.1. The maximum atomic E-state index is 12.4. The van der Waals surface area contributed by atoms with E-state index in [2.05, 4.69) is 46.7 Å². The Kier molecular flexibility index (Phi) is 5.65. The van der Waals surface area contributed by atoms with Gasteiger partial charge in [-0.1, -0.05) is 30.8 Å². The van der Waals surface area contributed by atoms with Crippen LogP contribution in [-0.4, -0.2) is 57.5 Å². The van der Waals surface area contributed by atoms with Crippen LogP contribution in [0.5, 0.6) is 6.01 Å². The summed E-state index contributed by atoms with van der Waals surface area (Å²) in [5, 5.41) is 9.40. The molecular weight excluding hydrogens is 440 g/mol. The minimum atomic E-state index is -0.197. The van der Waals surface area contributed by atoms with Crippen molar-refractivity contribution in [3.05, 3.63) is 59.3 Å². The Morgan fingerprint density at radius 1 is 1.20 bits per heavy atom. The molecule has 180 valence electrons. The molecule has 1 amide bonds. The van der Waals surface area contributed by atoms with Crippen LogP contribution in [0.1, 0.15) is 54.1 Å². The zero-order valence-electron chi connectivity index (χ0n) is 19.9. The number of hydrogen-bond donors (Lipinski definition) is 0. The minimum absolute atomic E-state index is 0.123. The first-order valence-electron chi connectivity index (χ1n) is 12.6. The van der Waals surface area contributed by atoms with Gasteiger partial charge in [0.1, 0.15) is 11.9 Å². The molecule has 35 heavy (non-hydrogen) atoms. The number of nitrogens with zero attached hydrogens (tertiary/aromatic N) is 6. The molecule has 0 bridgehead atoms. The van der Waals surface area contributed by atoms with Crippen LogP contribution < -0.4 is 9.64 Å². The largest absolute Gasteiger partial charge is 0.460 e. The number of hydrogen-bond acceptors (Lipinski definition) is 7. The van der Waals surface area contributed by atoms with Gasteiger partial charge in [-0.05, 0) is 42.9 Å². The van der Waals surface area contributed by atoms with Crippen LogP contribution >= 0.6 is 0 Å². The molecule has 1 saturated heterocycles. The highest BCUT2D eigenvalue weighted by Crippen LogP contribution is 2.42. The second kappa shape index (κ2) is 8.97. The van der Waals surface area contributed by atoms with Crippen LogP contribution in [0.3, 0.4) is 0 Å². The average molecular weight is 471 g/mol. The second-order valence-corrected chi connectivity index (χ2v) is 9.93. The molecule has 4 aliphatic rings. The number of piperazine rings is 1. The zero-order chi connectivity index (χ0) is 23.9. The number of fused-ring (bicyclic) bond motifs is 2. The smallest absolute Gasteiger partial charge is 0.318 e. The van der Waals surface area contributed by atoms with E-state index in [1.54, 1.807) is 4.90 Å². The topological polar surface area (TPSA) is 85.6 Å². The summed E-state index contributed by atoms with van der Waals surface area (Å²) in [6, 6.07) is 11.6. The zero-order valence-corrected chi connectivity index (χ0v) is 19.9. The second-order valence-electron chi connectivity index (χ2n) is 9.93. The number of rotatable bonds is 6. The Balaban J connectivity index is 1.30. The molecule has 6 rings (SSSR count). The number of anilines is 1. The Labute approximate surface area is 205 Å². The summed E-state index contributed by atoms with van der Waals surface area (Å²) in [6.07, 6.45) is 6.15. The molecule has 2 aliphatic heterocycles. The van der Waals surface area contributed by atoms with Gasteiger partial charge >= 0.3 is 6.01 Å². The molecule has 0 radical (unpaired) electrons. The van der Waals surface area contributed by atoms with E-state index in [9.17, 15) is 10.1 Å². The van der Waals surface area contributed by atoms with E-state index in [4.69, 9.17) is 14.7 Å². The van der Waals surface area contributed by atoms with Crippen molar-refractivity contribution in [2.45, 2.75) is 63.4 Å². The van der Waals surface area contributed by atoms with Crippen molar-refractivity contribution in [2.75, 3.05) is 24.5 Å². The maximum Gasteiger partial charge on any atom is 0.318 e. The van der Waals surface area contributed by atoms with Crippen molar-refractivity contribution < 1.29 is 9.53 Å². The third-order valence-corrected chi connectivity index (χ3v) is 7.67. The van der Waals surface area contributed by atoms with Crippen molar-refractivity contribution >= 4 is 11.7 Å². The number of nitriles is 1. The summed E-state index contributed by atoms with van der Waals surface area (Å²) in [4.78, 5) is 28.6. The summed E-state index contributed by atoms with van der Waals surface area (Å²) >= 11 is 0. The number of benzene rings is 1. The molecule has 1 aromatic heterocycles. The first-order valence-corrected chi connectivity index (χ1v) is 12.6. The highest BCUT2D eigenvalue weighted by atomic mass is 16.5. The van der Waals surface area contributed by atoms with Crippen LogP contribution in [0.2, 0.25) is 0 Å². The fourth-order valence-corrected chi connectivity index (χ4v) is 5.76. The molecule has 0 N–H and O–H groups in total. The number of ether oxygens (including phenoxy) is 1. The number of amides is 1. The van der Waals surface area contributed by atoms with Crippen molar-refractivity contribution in [3.63, 3.8) is 0 Å². The lowest BCUT2D eigenvalue weighted by Crippen LogP contribution is -2.55. The van der Waals surface area contributed by atoms with E-state index >= 15 is 0 Å². The van der Waals surface area contributed by atoms with Crippen molar-refractivity contribution in [3.8, 4) is 12.1 Å². The number of carbonyl (C=O) groups is 1. The van der Waals surface area contributed by atoms with Crippen LogP contribution in [0.15, 0.2) is 36.9 Å². The van der Waals surface area contributed by atoms with Crippen molar-refractivity contribution in [1.82, 2.24) is 19.8 Å². The lowest BCUT2D eigenvalue weighted by atomic mass is 10.1. The quantitative estimate of drug-likeness (QED) is 0.600. The summed E-state index contributed by atoms with van der Waals surface area (Å²) in [6.45, 7) is 6.95. The summed E-state index contributed by atoms with van der Waals surface area (Å²) < 4.78 is 6.05. The van der Waals surface area contributed by atoms with E-state index in [1.807, 2.05) is 0 Å². The van der Waals surface area contributed by atoms with Gasteiger partial charge in [0, 0.05) is 44.3 Å². The van der Waals surface area contributed by atoms with Crippen LogP contribution in [0.4, 0.5) is 5.82 Å². The molecule has 2 fully saturated rings. The van der Waals surface area contributed by atoms with Gasteiger partial charge in [-0.25, -0.2) is 0 Å². The third kappa shape index (κ3) is 4.14. The van der Waals surface area contributed by atoms with Crippen molar-refractivity contribution in [1.29, 1.82) is 5.26 Å². The molecule has 2 aromatic rings. The molecule has 2 atom stereocenters. The lowest BCUT2D eigenvalue weighted by molar-refractivity contribution is -0.128. The molecule has 0 spiro atoms. The van der Waals surface area contributed by atoms with E-state index in [0.29, 0.717) is 31.7 Å². The standard InChI is InChI=1S/C27H30N6O2/c1-2-25(34)33-14-13-31(15-19(33)11-12-28)26-22-16-32(24-10-7-18-5-3-4-6-21(18)24)17-23(22)29-27(30-26)35-20-8-9-20/h2-6,19-20,24H,1,7-11,13-17H2/t19-,24?/m0/s1. The summed E-state index contributed by atoms with van der Waals surface area (Å²) in [7, 11) is 0. The van der Waals surface area contributed by atoms with Crippen LogP contribution in [-0.2, 0) is 24.3 Å². The van der Waals surface area contributed by atoms with Gasteiger partial charge in [0.25, 0.3) is 0 Å². The molecular formula is C27H30N6O2. The van der Waals surface area contributed by atoms with Crippen LogP contribution in [0, 0.1) is 11.3 Å². The average Bonchev–Trinajstić information content (AvgIpc) is 3.42. The van der Waals surface area contributed by atoms with E-state index in [1.165, 1.54) is 17.2 Å². The van der Waals surface area contributed by atoms with Gasteiger partial charge < -0.3 is 14.5 Å². The Morgan fingerprint density at radius 2 is 2.06 bits per heavy atom.